The molecule has 0 saturated carbocycles. The fourth-order valence-corrected chi connectivity index (χ4v) is 3.94. The molecule has 132 valence electrons. The Labute approximate surface area is 157 Å². The molecule has 1 unspecified atom stereocenters. The highest BCUT2D eigenvalue weighted by Gasteiger charge is 2.29. The normalized spacial score (nSPS) is 16.8. The largest absolute Gasteiger partial charge is 0.494 e. The number of nitriles is 1. The number of rotatable bonds is 6. The van der Waals surface area contributed by atoms with Gasteiger partial charge in [0.25, 0.3) is 0 Å². The fourth-order valence-electron chi connectivity index (χ4n) is 2.91. The van der Waals surface area contributed by atoms with Gasteiger partial charge in [-0.05, 0) is 30.2 Å². The Hall–Kier alpha value is -2.71. The molecule has 0 aromatic heterocycles. The number of allylic oxidation sites excluding steroid dienone is 1. The number of thioether (sulfide) groups is 1. The van der Waals surface area contributed by atoms with Crippen molar-refractivity contribution in [1.82, 2.24) is 5.32 Å². The lowest BCUT2D eigenvalue weighted by Gasteiger charge is -2.25. The van der Waals surface area contributed by atoms with Crippen LogP contribution in [0.25, 0.3) is 0 Å². The second-order valence-corrected chi connectivity index (χ2v) is 6.92. The van der Waals surface area contributed by atoms with Crippen molar-refractivity contribution in [2.45, 2.75) is 25.0 Å². The third kappa shape index (κ3) is 4.27. The van der Waals surface area contributed by atoms with E-state index in [1.165, 1.54) is 11.8 Å². The average Bonchev–Trinajstić information content (AvgIpc) is 2.67. The highest BCUT2D eigenvalue weighted by Crippen LogP contribution is 2.37. The summed E-state index contributed by atoms with van der Waals surface area (Å²) in [7, 11) is 0. The van der Waals surface area contributed by atoms with E-state index in [-0.39, 0.29) is 18.2 Å². The van der Waals surface area contributed by atoms with E-state index in [1.54, 1.807) is 0 Å². The monoisotopic (exact) mass is 364 g/mol. The molecule has 1 atom stereocenters. The number of nitrogens with one attached hydrogen (secondary N) is 1. The van der Waals surface area contributed by atoms with Crippen molar-refractivity contribution in [3.63, 3.8) is 0 Å². The van der Waals surface area contributed by atoms with Crippen LogP contribution in [-0.4, -0.2) is 12.5 Å². The van der Waals surface area contributed by atoms with Crippen LogP contribution < -0.4 is 10.1 Å². The molecule has 1 amide bonds. The van der Waals surface area contributed by atoms with Crippen molar-refractivity contribution < 1.29 is 9.53 Å². The number of carbonyl (C=O) groups excluding carboxylic acids is 1. The Bertz CT molecular complexity index is 839. The smallest absolute Gasteiger partial charge is 0.225 e. The second kappa shape index (κ2) is 8.59. The van der Waals surface area contributed by atoms with Gasteiger partial charge in [0.2, 0.25) is 5.91 Å². The minimum atomic E-state index is -0.220. The van der Waals surface area contributed by atoms with Crippen LogP contribution in [0.1, 0.15) is 30.4 Å². The van der Waals surface area contributed by atoms with Gasteiger partial charge in [0, 0.05) is 18.1 Å². The average molecular weight is 364 g/mol. The topological polar surface area (TPSA) is 62.1 Å². The summed E-state index contributed by atoms with van der Waals surface area (Å²) in [5.74, 6) is 1.22. The molecule has 5 heteroatoms. The number of benzene rings is 2. The van der Waals surface area contributed by atoms with E-state index in [2.05, 4.69) is 11.4 Å². The van der Waals surface area contributed by atoms with Crippen molar-refractivity contribution in [2.75, 3.05) is 6.61 Å². The number of ether oxygens (including phenoxy) is 1. The van der Waals surface area contributed by atoms with Crippen LogP contribution in [0.3, 0.4) is 0 Å². The third-order valence-corrected chi connectivity index (χ3v) is 5.26. The second-order valence-electron chi connectivity index (χ2n) is 5.94. The van der Waals surface area contributed by atoms with Gasteiger partial charge in [-0.1, -0.05) is 42.5 Å². The van der Waals surface area contributed by atoms with Gasteiger partial charge in [-0.25, -0.2) is 0 Å². The van der Waals surface area contributed by atoms with E-state index in [0.717, 1.165) is 16.9 Å². The molecule has 4 nitrogen and oxygen atoms in total. The van der Waals surface area contributed by atoms with Gasteiger partial charge in [0.15, 0.2) is 0 Å². The molecular weight excluding hydrogens is 344 g/mol. The van der Waals surface area contributed by atoms with E-state index in [4.69, 9.17) is 4.74 Å². The molecule has 3 rings (SSSR count). The van der Waals surface area contributed by atoms with Gasteiger partial charge in [-0.15, -0.1) is 11.8 Å². The summed E-state index contributed by atoms with van der Waals surface area (Å²) < 4.78 is 5.47. The third-order valence-electron chi connectivity index (χ3n) is 4.18. The van der Waals surface area contributed by atoms with Crippen LogP contribution in [0.2, 0.25) is 0 Å². The quantitative estimate of drug-likeness (QED) is 0.827. The summed E-state index contributed by atoms with van der Waals surface area (Å²) in [6, 6.07) is 20.0. The van der Waals surface area contributed by atoms with E-state index in [9.17, 15) is 10.1 Å². The molecule has 0 fully saturated rings. The lowest BCUT2D eigenvalue weighted by molar-refractivity contribution is -0.120. The first-order valence-corrected chi connectivity index (χ1v) is 9.53. The van der Waals surface area contributed by atoms with Crippen LogP contribution in [0.4, 0.5) is 0 Å². The molecule has 0 aliphatic carbocycles. The molecule has 1 heterocycles. The fraction of sp³-hybridized carbons (Fsp3) is 0.238. The number of carbonyl (C=O) groups is 1. The summed E-state index contributed by atoms with van der Waals surface area (Å²) in [5.41, 5.74) is 2.73. The Morgan fingerprint density at radius 2 is 1.92 bits per heavy atom. The zero-order valence-electron chi connectivity index (χ0n) is 14.6. The minimum Gasteiger partial charge on any atom is -0.494 e. The number of amides is 1. The van der Waals surface area contributed by atoms with Crippen LogP contribution >= 0.6 is 11.8 Å². The molecule has 1 aliphatic heterocycles. The first-order valence-electron chi connectivity index (χ1n) is 8.55. The number of nitrogens with zero attached hydrogens (tertiary/aromatic N) is 1. The van der Waals surface area contributed by atoms with Crippen molar-refractivity contribution in [3.8, 4) is 11.8 Å². The van der Waals surface area contributed by atoms with Crippen molar-refractivity contribution in [2.24, 2.45) is 0 Å². The molecule has 0 saturated heterocycles. The van der Waals surface area contributed by atoms with Gasteiger partial charge in [-0.2, -0.15) is 5.26 Å². The Balaban J connectivity index is 1.84. The summed E-state index contributed by atoms with van der Waals surface area (Å²) in [6.45, 7) is 2.54. The molecule has 0 bridgehead atoms. The number of hydrogen-bond acceptors (Lipinski definition) is 4. The van der Waals surface area contributed by atoms with Gasteiger partial charge < -0.3 is 10.1 Å². The first kappa shape index (κ1) is 18.1. The summed E-state index contributed by atoms with van der Waals surface area (Å²) in [4.78, 5) is 12.2. The predicted molar refractivity (Wildman–Crippen MR) is 103 cm³/mol. The zero-order valence-corrected chi connectivity index (χ0v) is 15.4. The molecule has 0 spiro atoms. The standard InChI is InChI=1S/C21H20N2O2S/c1-2-25-17-10-8-16(9-11-17)18-12-20(24)23-21(19(18)13-22)26-14-15-6-4-3-5-7-15/h3-11,18H,2,12,14H2,1H3,(H,23,24). The molecule has 0 radical (unpaired) electrons. The van der Waals surface area contributed by atoms with Gasteiger partial charge >= 0.3 is 0 Å². The Morgan fingerprint density at radius 1 is 1.19 bits per heavy atom. The van der Waals surface area contributed by atoms with Crippen LogP contribution in [0, 0.1) is 11.3 Å². The predicted octanol–water partition coefficient (Wildman–Crippen LogP) is 4.36. The maximum atomic E-state index is 12.2. The molecule has 2 aromatic rings. The molecule has 1 N–H and O–H groups in total. The Kier molecular flexibility index (Phi) is 5.98. The number of hydrogen-bond donors (Lipinski definition) is 1. The Morgan fingerprint density at radius 3 is 2.58 bits per heavy atom. The minimum absolute atomic E-state index is 0.0570. The van der Waals surface area contributed by atoms with Gasteiger partial charge in [-0.3, -0.25) is 4.79 Å². The summed E-state index contributed by atoms with van der Waals surface area (Å²) in [6.07, 6.45) is 0.284. The maximum absolute atomic E-state index is 12.2. The van der Waals surface area contributed by atoms with E-state index >= 15 is 0 Å². The van der Waals surface area contributed by atoms with Gasteiger partial charge in [0.05, 0.1) is 23.3 Å². The summed E-state index contributed by atoms with van der Waals surface area (Å²) >= 11 is 1.50. The molecular formula is C21H20N2O2S. The molecule has 2 aromatic carbocycles. The van der Waals surface area contributed by atoms with E-state index < -0.39 is 0 Å². The maximum Gasteiger partial charge on any atom is 0.225 e. The van der Waals surface area contributed by atoms with E-state index in [0.29, 0.717) is 23.0 Å². The highest BCUT2D eigenvalue weighted by molar-refractivity contribution is 8.02. The van der Waals surface area contributed by atoms with Crippen molar-refractivity contribution in [1.29, 1.82) is 5.26 Å². The van der Waals surface area contributed by atoms with Crippen LogP contribution in [0.5, 0.6) is 5.75 Å². The zero-order chi connectivity index (χ0) is 18.4. The molecule has 1 aliphatic rings. The van der Waals surface area contributed by atoms with Crippen LogP contribution in [-0.2, 0) is 10.5 Å². The molecule has 26 heavy (non-hydrogen) atoms. The van der Waals surface area contributed by atoms with Crippen LogP contribution in [0.15, 0.2) is 65.2 Å². The highest BCUT2D eigenvalue weighted by atomic mass is 32.2. The lowest BCUT2D eigenvalue weighted by atomic mass is 9.87. The van der Waals surface area contributed by atoms with E-state index in [1.807, 2.05) is 61.5 Å². The lowest BCUT2D eigenvalue weighted by Crippen LogP contribution is -2.30. The van der Waals surface area contributed by atoms with Gasteiger partial charge in [0.1, 0.15) is 5.75 Å². The van der Waals surface area contributed by atoms with Crippen molar-refractivity contribution in [3.05, 3.63) is 76.3 Å². The van der Waals surface area contributed by atoms with Crippen molar-refractivity contribution >= 4 is 17.7 Å². The SMILES string of the molecule is CCOc1ccc(C2CC(=O)NC(SCc3ccccc3)=C2C#N)cc1. The first-order chi connectivity index (χ1) is 12.7. The summed E-state index contributed by atoms with van der Waals surface area (Å²) in [5, 5.41) is 13.3.